The third kappa shape index (κ3) is 4.48. The van der Waals surface area contributed by atoms with E-state index < -0.39 is 78.9 Å². The number of imide groups is 2. The Balaban J connectivity index is 1.58. The number of carbonyl (C=O) groups excluding carboxylic acids is 5. The molecule has 0 unspecified atom stereocenters. The van der Waals surface area contributed by atoms with E-state index in [-0.39, 0.29) is 34.4 Å². The molecule has 1 atom stereocenters. The molecule has 5 rings (SSSR count). The van der Waals surface area contributed by atoms with Gasteiger partial charge in [-0.1, -0.05) is 48.5 Å². The molecule has 212 valence electrons. The zero-order valence-electron chi connectivity index (χ0n) is 21.6. The standard InChI is InChI=1S/C28H25N3O10/c32-21-9-10-22(33)29(21)28(26(38)39,14-13-25(36)37)31(30-23(34)11-12-24(30)35)27(40)41-15-20-18-7-3-1-5-16(18)17-6-2-4-8-19(17)20/h1-8,20H,9-15H2,(H,36,37)(H,38,39)/t28-/m1/s1. The first-order valence-electron chi connectivity index (χ1n) is 12.9. The Kier molecular flexibility index (Phi) is 7.03. The molecule has 5 amide bonds. The largest absolute Gasteiger partial charge is 0.481 e. The molecule has 2 aliphatic heterocycles. The van der Waals surface area contributed by atoms with Crippen LogP contribution in [0.4, 0.5) is 4.79 Å². The van der Waals surface area contributed by atoms with Crippen LogP contribution in [0.15, 0.2) is 48.5 Å². The number of carboxylic acids is 2. The van der Waals surface area contributed by atoms with Crippen LogP contribution in [-0.4, -0.2) is 79.1 Å². The summed E-state index contributed by atoms with van der Waals surface area (Å²) in [6, 6.07) is 14.8. The number of amides is 5. The molecule has 2 fully saturated rings. The van der Waals surface area contributed by atoms with Gasteiger partial charge in [-0.25, -0.2) is 14.5 Å². The van der Waals surface area contributed by atoms with Crippen LogP contribution in [0.3, 0.4) is 0 Å². The molecule has 0 radical (unpaired) electrons. The van der Waals surface area contributed by atoms with Gasteiger partial charge in [-0.05, 0) is 22.3 Å². The van der Waals surface area contributed by atoms with Crippen molar-refractivity contribution in [3.05, 3.63) is 59.7 Å². The second-order valence-electron chi connectivity index (χ2n) is 9.85. The van der Waals surface area contributed by atoms with Gasteiger partial charge in [0, 0.05) is 38.0 Å². The van der Waals surface area contributed by atoms with E-state index in [9.17, 15) is 43.8 Å². The first kappa shape index (κ1) is 27.5. The minimum absolute atomic E-state index is 0.157. The lowest BCUT2D eigenvalue weighted by Crippen LogP contribution is -2.73. The normalized spacial score (nSPS) is 17.9. The number of rotatable bonds is 9. The zero-order valence-corrected chi connectivity index (χ0v) is 21.6. The molecular formula is C28H25N3O10. The number of carboxylic acid groups (broad SMARTS) is 2. The molecule has 41 heavy (non-hydrogen) atoms. The van der Waals surface area contributed by atoms with Gasteiger partial charge in [-0.2, -0.15) is 10.0 Å². The molecule has 13 heteroatoms. The zero-order chi connectivity index (χ0) is 29.5. The Morgan fingerprint density at radius 3 is 1.78 bits per heavy atom. The van der Waals surface area contributed by atoms with E-state index in [0.29, 0.717) is 0 Å². The molecule has 2 aromatic carbocycles. The fraction of sp³-hybridized carbons (Fsp3) is 0.321. The molecule has 2 heterocycles. The van der Waals surface area contributed by atoms with Crippen LogP contribution < -0.4 is 0 Å². The molecular weight excluding hydrogens is 538 g/mol. The molecule has 0 spiro atoms. The number of nitrogens with zero attached hydrogens (tertiary/aromatic N) is 3. The van der Waals surface area contributed by atoms with E-state index >= 15 is 0 Å². The third-order valence-corrected chi connectivity index (χ3v) is 7.54. The highest BCUT2D eigenvalue weighted by Crippen LogP contribution is 2.45. The maximum absolute atomic E-state index is 13.9. The maximum Gasteiger partial charge on any atom is 0.432 e. The average molecular weight is 564 g/mol. The number of fused-ring (bicyclic) bond motifs is 3. The van der Waals surface area contributed by atoms with Gasteiger partial charge < -0.3 is 14.9 Å². The van der Waals surface area contributed by atoms with Crippen LogP contribution in [0.5, 0.6) is 0 Å². The Bertz CT molecular complexity index is 1430. The molecule has 0 bridgehead atoms. The molecule has 0 saturated carbocycles. The number of hydrogen-bond donors (Lipinski definition) is 2. The second-order valence-corrected chi connectivity index (χ2v) is 9.85. The second kappa shape index (κ2) is 10.5. The minimum atomic E-state index is -3.05. The monoisotopic (exact) mass is 563 g/mol. The van der Waals surface area contributed by atoms with Crippen molar-refractivity contribution >= 4 is 41.7 Å². The van der Waals surface area contributed by atoms with E-state index in [1.807, 2.05) is 36.4 Å². The SMILES string of the molecule is O=C(O)CC[C@@](C(=O)O)(N1C(=O)CCC1=O)N(C(=O)OCC1c2ccccc2-c2ccccc21)N1C(=O)CCC1=O. The Hall–Kier alpha value is -5.07. The number of carbonyl (C=O) groups is 7. The lowest BCUT2D eigenvalue weighted by molar-refractivity contribution is -0.201. The third-order valence-electron chi connectivity index (χ3n) is 7.54. The summed E-state index contributed by atoms with van der Waals surface area (Å²) in [5.41, 5.74) is 0.394. The number of hydrogen-bond acceptors (Lipinski definition) is 8. The average Bonchev–Trinajstić information content (AvgIpc) is 3.57. The van der Waals surface area contributed by atoms with Gasteiger partial charge in [0.1, 0.15) is 6.61 Å². The predicted molar refractivity (Wildman–Crippen MR) is 136 cm³/mol. The number of hydrazine groups is 1. The Morgan fingerprint density at radius 2 is 1.29 bits per heavy atom. The van der Waals surface area contributed by atoms with Crippen molar-refractivity contribution in [2.45, 2.75) is 50.1 Å². The lowest BCUT2D eigenvalue weighted by atomic mass is 9.98. The molecule has 2 N–H and O–H groups in total. The van der Waals surface area contributed by atoms with Crippen LogP contribution in [-0.2, 0) is 33.5 Å². The van der Waals surface area contributed by atoms with E-state index in [4.69, 9.17) is 4.74 Å². The van der Waals surface area contributed by atoms with Crippen molar-refractivity contribution in [2.24, 2.45) is 0 Å². The summed E-state index contributed by atoms with van der Waals surface area (Å²) in [6.45, 7) is -0.351. The van der Waals surface area contributed by atoms with Gasteiger partial charge in [0.25, 0.3) is 0 Å². The fourth-order valence-corrected chi connectivity index (χ4v) is 5.72. The van der Waals surface area contributed by atoms with Crippen LogP contribution in [0.25, 0.3) is 11.1 Å². The first-order valence-corrected chi connectivity index (χ1v) is 12.9. The molecule has 2 saturated heterocycles. The number of ether oxygens (including phenoxy) is 1. The molecule has 0 aromatic heterocycles. The van der Waals surface area contributed by atoms with Crippen molar-refractivity contribution in [2.75, 3.05) is 6.61 Å². The Morgan fingerprint density at radius 1 is 0.805 bits per heavy atom. The van der Waals surface area contributed by atoms with Crippen molar-refractivity contribution in [3.8, 4) is 11.1 Å². The molecule has 13 nitrogen and oxygen atoms in total. The molecule has 1 aliphatic carbocycles. The van der Waals surface area contributed by atoms with Gasteiger partial charge in [0.15, 0.2) is 0 Å². The van der Waals surface area contributed by atoms with Crippen molar-refractivity contribution in [3.63, 3.8) is 0 Å². The van der Waals surface area contributed by atoms with Gasteiger partial charge in [0.05, 0.1) is 6.42 Å². The first-order chi connectivity index (χ1) is 19.6. The number of aliphatic carboxylic acids is 2. The quantitative estimate of drug-likeness (QED) is 0.429. The highest BCUT2D eigenvalue weighted by Gasteiger charge is 2.62. The van der Waals surface area contributed by atoms with E-state index in [1.165, 1.54) is 0 Å². The minimum Gasteiger partial charge on any atom is -0.481 e. The van der Waals surface area contributed by atoms with Crippen molar-refractivity contribution < 1.29 is 48.5 Å². The summed E-state index contributed by atoms with van der Waals surface area (Å²) in [4.78, 5) is 90.1. The summed E-state index contributed by atoms with van der Waals surface area (Å²) in [5.74, 6) is -7.92. The highest BCUT2D eigenvalue weighted by atomic mass is 16.6. The molecule has 2 aromatic rings. The number of likely N-dealkylation sites (tertiary alicyclic amines) is 1. The van der Waals surface area contributed by atoms with Gasteiger partial charge in [0.2, 0.25) is 29.3 Å². The highest BCUT2D eigenvalue weighted by molar-refractivity contribution is 6.08. The van der Waals surface area contributed by atoms with Gasteiger partial charge in [-0.15, -0.1) is 0 Å². The van der Waals surface area contributed by atoms with Crippen molar-refractivity contribution in [1.82, 2.24) is 14.9 Å². The van der Waals surface area contributed by atoms with Crippen LogP contribution in [0.1, 0.15) is 55.6 Å². The summed E-state index contributed by atoms with van der Waals surface area (Å²) < 4.78 is 5.58. The van der Waals surface area contributed by atoms with E-state index in [2.05, 4.69) is 0 Å². The summed E-state index contributed by atoms with van der Waals surface area (Å²) in [6.07, 6.45) is -4.98. The smallest absolute Gasteiger partial charge is 0.432 e. The summed E-state index contributed by atoms with van der Waals surface area (Å²) in [7, 11) is 0. The topological polar surface area (TPSA) is 179 Å². The van der Waals surface area contributed by atoms with Crippen LogP contribution in [0.2, 0.25) is 0 Å². The number of benzene rings is 2. The summed E-state index contributed by atoms with van der Waals surface area (Å²) in [5, 5.41) is 20.3. The predicted octanol–water partition coefficient (Wildman–Crippen LogP) is 2.10. The summed E-state index contributed by atoms with van der Waals surface area (Å²) >= 11 is 0. The van der Waals surface area contributed by atoms with Crippen LogP contribution >= 0.6 is 0 Å². The van der Waals surface area contributed by atoms with Crippen molar-refractivity contribution in [1.29, 1.82) is 0 Å². The Labute approximate surface area is 232 Å². The lowest BCUT2D eigenvalue weighted by Gasteiger charge is -2.46. The fourth-order valence-electron chi connectivity index (χ4n) is 5.72. The van der Waals surface area contributed by atoms with Gasteiger partial charge in [-0.3, -0.25) is 24.0 Å². The van der Waals surface area contributed by atoms with Crippen LogP contribution in [0, 0.1) is 0 Å². The van der Waals surface area contributed by atoms with E-state index in [1.54, 1.807) is 12.1 Å². The van der Waals surface area contributed by atoms with E-state index in [0.717, 1.165) is 22.3 Å². The van der Waals surface area contributed by atoms with Gasteiger partial charge >= 0.3 is 18.0 Å². The molecule has 3 aliphatic rings. The maximum atomic E-state index is 13.9.